The van der Waals surface area contributed by atoms with Gasteiger partial charge in [-0.1, -0.05) is 29.8 Å². The number of oxime groups is 1. The minimum Gasteiger partial charge on any atom is -0.457 e. The summed E-state index contributed by atoms with van der Waals surface area (Å²) in [6, 6.07) is 10.4. The first-order chi connectivity index (χ1) is 14.3. The number of likely N-dealkylation sites (tertiary alicyclic amines) is 1. The maximum Gasteiger partial charge on any atom is 0.160 e. The Morgan fingerprint density at radius 1 is 1.03 bits per heavy atom. The van der Waals surface area contributed by atoms with E-state index in [9.17, 15) is 5.21 Å². The Kier molecular flexibility index (Phi) is 4.86. The van der Waals surface area contributed by atoms with Crippen LogP contribution in [0, 0.1) is 0 Å². The van der Waals surface area contributed by atoms with Crippen LogP contribution in [0.5, 0.6) is 0 Å². The molecule has 1 aromatic carbocycles. The van der Waals surface area contributed by atoms with Gasteiger partial charge in [0.1, 0.15) is 17.8 Å². The van der Waals surface area contributed by atoms with Gasteiger partial charge < -0.3 is 9.62 Å². The molecule has 0 radical (unpaired) electrons. The predicted molar refractivity (Wildman–Crippen MR) is 111 cm³/mol. The van der Waals surface area contributed by atoms with E-state index in [4.69, 9.17) is 4.42 Å². The average molecular weight is 388 g/mol. The zero-order valence-electron chi connectivity index (χ0n) is 16.3. The molecule has 2 aliphatic rings. The topological polar surface area (TPSA) is 74.8 Å². The lowest BCUT2D eigenvalue weighted by Crippen LogP contribution is -2.28. The monoisotopic (exact) mass is 388 g/mol. The number of aryl methyl sites for hydroxylation is 1. The third kappa shape index (κ3) is 3.56. The lowest BCUT2D eigenvalue weighted by molar-refractivity contribution is 0.206. The Hall–Kier alpha value is -2.99. The summed E-state index contributed by atoms with van der Waals surface area (Å²) < 4.78 is 6.32. The van der Waals surface area contributed by atoms with Gasteiger partial charge in [0.2, 0.25) is 0 Å². The highest BCUT2D eigenvalue weighted by molar-refractivity contribution is 6.04. The second-order valence-corrected chi connectivity index (χ2v) is 7.81. The number of piperidine rings is 1. The van der Waals surface area contributed by atoms with Crippen LogP contribution >= 0.6 is 0 Å². The molecular weight excluding hydrogens is 364 g/mol. The Bertz CT molecular complexity index is 1040. The van der Waals surface area contributed by atoms with Crippen LogP contribution in [-0.4, -0.2) is 38.9 Å². The van der Waals surface area contributed by atoms with E-state index in [0.29, 0.717) is 0 Å². The quantitative estimate of drug-likeness (QED) is 0.526. The lowest BCUT2D eigenvalue weighted by Gasteiger charge is -2.25. The molecule has 1 aliphatic carbocycles. The normalized spacial score (nSPS) is 18.3. The van der Waals surface area contributed by atoms with Crippen molar-refractivity contribution in [3.63, 3.8) is 0 Å². The smallest absolute Gasteiger partial charge is 0.160 e. The van der Waals surface area contributed by atoms with Gasteiger partial charge in [0.05, 0.1) is 12.3 Å². The van der Waals surface area contributed by atoms with Crippen LogP contribution in [0.1, 0.15) is 42.6 Å². The highest BCUT2D eigenvalue weighted by Crippen LogP contribution is 2.37. The van der Waals surface area contributed by atoms with Gasteiger partial charge in [-0.3, -0.25) is 4.90 Å². The molecule has 0 atom stereocenters. The van der Waals surface area contributed by atoms with E-state index in [1.807, 2.05) is 12.1 Å². The molecule has 2 aromatic heterocycles. The fourth-order valence-corrected chi connectivity index (χ4v) is 4.43. The van der Waals surface area contributed by atoms with Gasteiger partial charge in [-0.15, -0.1) is 0 Å². The third-order valence-electron chi connectivity index (χ3n) is 5.90. The van der Waals surface area contributed by atoms with Crippen LogP contribution in [0.4, 0.5) is 0 Å². The Morgan fingerprint density at radius 2 is 1.93 bits per heavy atom. The standard InChI is InChI=1S/C23H24N4O2/c28-26-21-7-5-16-12-17(4-6-19(16)21)20-13-18(14-27-10-2-1-3-11-27)29-23(20)22-8-9-24-15-25-22/h4,6,8-9,12-13,15,28H,1-3,5,7,10-11,14H2/b26-21+. The number of hydrogen-bond acceptors (Lipinski definition) is 6. The van der Waals surface area contributed by atoms with Crippen molar-refractivity contribution in [3.8, 4) is 22.6 Å². The number of furan rings is 1. The molecule has 1 aliphatic heterocycles. The van der Waals surface area contributed by atoms with Crippen molar-refractivity contribution in [1.82, 2.24) is 14.9 Å². The summed E-state index contributed by atoms with van der Waals surface area (Å²) in [5.41, 5.74) is 5.95. The van der Waals surface area contributed by atoms with E-state index in [2.05, 4.69) is 38.2 Å². The highest BCUT2D eigenvalue weighted by atomic mass is 16.4. The Balaban J connectivity index is 1.54. The number of fused-ring (bicyclic) bond motifs is 1. The maximum atomic E-state index is 9.21. The van der Waals surface area contributed by atoms with Gasteiger partial charge >= 0.3 is 0 Å². The molecule has 3 aromatic rings. The molecule has 0 saturated carbocycles. The lowest BCUT2D eigenvalue weighted by atomic mass is 9.99. The number of aromatic nitrogens is 2. The van der Waals surface area contributed by atoms with Crippen molar-refractivity contribution in [3.05, 3.63) is 59.7 Å². The SMILES string of the molecule is O/N=C1\CCc2cc(-c3cc(CN4CCCCC4)oc3-c3ccncn3)ccc21. The molecule has 0 unspecified atom stereocenters. The average Bonchev–Trinajstić information content (AvgIpc) is 3.38. The minimum atomic E-state index is 0.764. The van der Waals surface area contributed by atoms with Gasteiger partial charge in [0, 0.05) is 17.3 Å². The largest absolute Gasteiger partial charge is 0.457 e. The molecule has 1 N–H and O–H groups in total. The molecule has 6 heteroatoms. The van der Waals surface area contributed by atoms with E-state index in [1.165, 1.54) is 24.8 Å². The fourth-order valence-electron chi connectivity index (χ4n) is 4.43. The summed E-state index contributed by atoms with van der Waals surface area (Å²) in [4.78, 5) is 10.9. The number of rotatable bonds is 4. The first-order valence-corrected chi connectivity index (χ1v) is 10.3. The molecule has 6 nitrogen and oxygen atoms in total. The molecule has 29 heavy (non-hydrogen) atoms. The summed E-state index contributed by atoms with van der Waals surface area (Å²) >= 11 is 0. The van der Waals surface area contributed by atoms with Crippen molar-refractivity contribution >= 4 is 5.71 Å². The van der Waals surface area contributed by atoms with Crippen molar-refractivity contribution in [2.75, 3.05) is 13.1 Å². The van der Waals surface area contributed by atoms with Gasteiger partial charge in [-0.05, 0) is 62.0 Å². The fraction of sp³-hybridized carbons (Fsp3) is 0.348. The molecule has 148 valence electrons. The van der Waals surface area contributed by atoms with Crippen molar-refractivity contribution < 1.29 is 9.62 Å². The van der Waals surface area contributed by atoms with Crippen LogP contribution in [0.3, 0.4) is 0 Å². The molecule has 1 saturated heterocycles. The van der Waals surface area contributed by atoms with Crippen molar-refractivity contribution in [2.45, 2.75) is 38.6 Å². The second kappa shape index (κ2) is 7.79. The van der Waals surface area contributed by atoms with Crippen LogP contribution in [0.25, 0.3) is 22.6 Å². The Labute approximate surface area is 169 Å². The highest BCUT2D eigenvalue weighted by Gasteiger charge is 2.22. The van der Waals surface area contributed by atoms with Crippen LogP contribution in [0.15, 0.2) is 52.4 Å². The summed E-state index contributed by atoms with van der Waals surface area (Å²) in [5.74, 6) is 1.75. The third-order valence-corrected chi connectivity index (χ3v) is 5.90. The molecule has 0 bridgehead atoms. The van der Waals surface area contributed by atoms with Gasteiger partial charge in [-0.2, -0.15) is 0 Å². The molecule has 0 amide bonds. The summed E-state index contributed by atoms with van der Waals surface area (Å²) in [5, 5.41) is 12.6. The first kappa shape index (κ1) is 18.1. The number of benzene rings is 1. The molecule has 1 fully saturated rings. The minimum absolute atomic E-state index is 0.764. The van der Waals surface area contributed by atoms with Crippen LogP contribution in [0.2, 0.25) is 0 Å². The second-order valence-electron chi connectivity index (χ2n) is 7.81. The number of hydrogen-bond donors (Lipinski definition) is 1. The molecule has 0 spiro atoms. The van der Waals surface area contributed by atoms with Crippen molar-refractivity contribution in [2.24, 2.45) is 5.16 Å². The number of nitrogens with zero attached hydrogens (tertiary/aromatic N) is 4. The molecule has 3 heterocycles. The van der Waals surface area contributed by atoms with E-state index in [0.717, 1.165) is 72.1 Å². The van der Waals surface area contributed by atoms with Crippen LogP contribution < -0.4 is 0 Å². The molecule has 5 rings (SSSR count). The summed E-state index contributed by atoms with van der Waals surface area (Å²) in [6.07, 6.45) is 8.80. The van der Waals surface area contributed by atoms with Gasteiger partial charge in [-0.25, -0.2) is 9.97 Å². The molecular formula is C23H24N4O2. The first-order valence-electron chi connectivity index (χ1n) is 10.3. The Morgan fingerprint density at radius 3 is 2.72 bits per heavy atom. The summed E-state index contributed by atoms with van der Waals surface area (Å²) in [6.45, 7) is 3.08. The predicted octanol–water partition coefficient (Wildman–Crippen LogP) is 4.51. The van der Waals surface area contributed by atoms with E-state index < -0.39 is 0 Å². The van der Waals surface area contributed by atoms with E-state index in [-0.39, 0.29) is 0 Å². The van der Waals surface area contributed by atoms with Crippen molar-refractivity contribution in [1.29, 1.82) is 0 Å². The zero-order valence-corrected chi connectivity index (χ0v) is 16.3. The maximum absolute atomic E-state index is 9.21. The zero-order chi connectivity index (χ0) is 19.6. The summed E-state index contributed by atoms with van der Waals surface area (Å²) in [7, 11) is 0. The van der Waals surface area contributed by atoms with Crippen LogP contribution in [-0.2, 0) is 13.0 Å². The van der Waals surface area contributed by atoms with E-state index >= 15 is 0 Å². The van der Waals surface area contributed by atoms with Gasteiger partial charge in [0.25, 0.3) is 0 Å². The van der Waals surface area contributed by atoms with Gasteiger partial charge in [0.15, 0.2) is 5.76 Å². The van der Waals surface area contributed by atoms with E-state index in [1.54, 1.807) is 12.5 Å².